The number of rotatable bonds is 7. The molecule has 1 aromatic heterocycles. The van der Waals surface area contributed by atoms with E-state index in [1.807, 2.05) is 79.1 Å². The van der Waals surface area contributed by atoms with E-state index in [1.165, 1.54) is 11.8 Å². The summed E-state index contributed by atoms with van der Waals surface area (Å²) >= 11 is 7.66. The molecule has 0 aliphatic carbocycles. The van der Waals surface area contributed by atoms with Crippen LogP contribution < -0.4 is 14.8 Å². The van der Waals surface area contributed by atoms with Gasteiger partial charge in [-0.2, -0.15) is 0 Å². The molecule has 8 heteroatoms. The van der Waals surface area contributed by atoms with Crippen LogP contribution in [0.25, 0.3) is 16.7 Å². The van der Waals surface area contributed by atoms with E-state index in [-0.39, 0.29) is 5.91 Å². The first-order valence-electron chi connectivity index (χ1n) is 10.3. The molecule has 0 bridgehead atoms. The van der Waals surface area contributed by atoms with Crippen LogP contribution in [0, 0.1) is 6.92 Å². The SMILES string of the molecule is COc1cc(OC)cc(-n2c(SC(C)C(=O)Nc3ccc(C)cc3Cl)nc3ccccc32)c1. The highest BCUT2D eigenvalue weighted by Gasteiger charge is 2.21. The van der Waals surface area contributed by atoms with Crippen molar-refractivity contribution < 1.29 is 14.3 Å². The largest absolute Gasteiger partial charge is 0.497 e. The number of anilines is 1. The molecule has 0 aliphatic rings. The number of ether oxygens (including phenoxy) is 2. The fourth-order valence-electron chi connectivity index (χ4n) is 3.42. The lowest BCUT2D eigenvalue weighted by Crippen LogP contribution is -2.23. The van der Waals surface area contributed by atoms with Crippen molar-refractivity contribution in [2.45, 2.75) is 24.3 Å². The minimum atomic E-state index is -0.426. The van der Waals surface area contributed by atoms with Gasteiger partial charge in [0.1, 0.15) is 11.5 Å². The minimum absolute atomic E-state index is 0.160. The number of carbonyl (C=O) groups excluding carboxylic acids is 1. The van der Waals surface area contributed by atoms with Crippen LogP contribution in [0.3, 0.4) is 0 Å². The summed E-state index contributed by atoms with van der Waals surface area (Å²) in [6, 6.07) is 19.0. The number of nitrogens with zero attached hydrogens (tertiary/aromatic N) is 2. The standard InChI is InChI=1S/C25H24ClN3O3S/c1-15-9-10-21(20(26)11-15)27-24(30)16(2)33-25-28-22-7-5-6-8-23(22)29(25)17-12-18(31-3)14-19(13-17)32-4/h5-14,16H,1-4H3,(H,27,30). The van der Waals surface area contributed by atoms with Gasteiger partial charge in [-0.25, -0.2) is 4.98 Å². The predicted octanol–water partition coefficient (Wildman–Crippen LogP) is 6.12. The molecule has 0 fully saturated rings. The Labute approximate surface area is 201 Å². The zero-order valence-corrected chi connectivity index (χ0v) is 20.3. The van der Waals surface area contributed by atoms with Gasteiger partial charge in [0.15, 0.2) is 5.16 Å². The van der Waals surface area contributed by atoms with Crippen LogP contribution in [0.1, 0.15) is 12.5 Å². The molecule has 1 atom stereocenters. The molecule has 4 rings (SSSR count). The average molecular weight is 482 g/mol. The van der Waals surface area contributed by atoms with Crippen molar-refractivity contribution in [1.29, 1.82) is 0 Å². The van der Waals surface area contributed by atoms with E-state index >= 15 is 0 Å². The first kappa shape index (κ1) is 23.0. The lowest BCUT2D eigenvalue weighted by atomic mass is 10.2. The second kappa shape index (κ2) is 9.77. The van der Waals surface area contributed by atoms with Crippen LogP contribution in [0.15, 0.2) is 65.8 Å². The van der Waals surface area contributed by atoms with Crippen LogP contribution in [0.5, 0.6) is 11.5 Å². The number of thioether (sulfide) groups is 1. The van der Waals surface area contributed by atoms with Crippen molar-refractivity contribution >= 4 is 46.0 Å². The van der Waals surface area contributed by atoms with E-state index in [0.29, 0.717) is 27.4 Å². The maximum Gasteiger partial charge on any atom is 0.237 e. The van der Waals surface area contributed by atoms with E-state index < -0.39 is 5.25 Å². The number of aryl methyl sites for hydroxylation is 1. The molecule has 1 N–H and O–H groups in total. The summed E-state index contributed by atoms with van der Waals surface area (Å²) in [6.07, 6.45) is 0. The van der Waals surface area contributed by atoms with Gasteiger partial charge in [-0.15, -0.1) is 0 Å². The van der Waals surface area contributed by atoms with Gasteiger partial charge in [0.05, 0.1) is 46.9 Å². The number of hydrogen-bond acceptors (Lipinski definition) is 5. The fraction of sp³-hybridized carbons (Fsp3) is 0.200. The topological polar surface area (TPSA) is 65.4 Å². The zero-order valence-electron chi connectivity index (χ0n) is 18.8. The molecular formula is C25H24ClN3O3S. The fourth-order valence-corrected chi connectivity index (χ4v) is 4.65. The van der Waals surface area contributed by atoms with Gasteiger partial charge >= 0.3 is 0 Å². The molecule has 0 aliphatic heterocycles. The number of nitrogens with one attached hydrogen (secondary N) is 1. The number of benzene rings is 3. The molecule has 3 aromatic carbocycles. The van der Waals surface area contributed by atoms with E-state index in [0.717, 1.165) is 22.3 Å². The van der Waals surface area contributed by atoms with Gasteiger partial charge in [0, 0.05) is 18.2 Å². The zero-order chi connectivity index (χ0) is 23.5. The Bertz CT molecular complexity index is 1300. The Morgan fingerprint density at radius 1 is 1.06 bits per heavy atom. The lowest BCUT2D eigenvalue weighted by Gasteiger charge is -2.15. The average Bonchev–Trinajstić information content (AvgIpc) is 3.18. The number of methoxy groups -OCH3 is 2. The van der Waals surface area contributed by atoms with E-state index in [9.17, 15) is 4.79 Å². The molecule has 0 spiro atoms. The molecule has 4 aromatic rings. The first-order chi connectivity index (χ1) is 15.9. The molecule has 6 nitrogen and oxygen atoms in total. The number of halogens is 1. The maximum atomic E-state index is 13.0. The van der Waals surface area contributed by atoms with E-state index in [2.05, 4.69) is 5.32 Å². The third-order valence-corrected chi connectivity index (χ3v) is 6.52. The van der Waals surface area contributed by atoms with Crippen LogP contribution in [0.4, 0.5) is 5.69 Å². The normalized spacial score (nSPS) is 11.9. The smallest absolute Gasteiger partial charge is 0.237 e. The van der Waals surface area contributed by atoms with Crippen LogP contribution >= 0.6 is 23.4 Å². The van der Waals surface area contributed by atoms with Gasteiger partial charge in [0.25, 0.3) is 0 Å². The Morgan fingerprint density at radius 3 is 2.42 bits per heavy atom. The highest BCUT2D eigenvalue weighted by Crippen LogP contribution is 2.34. The summed E-state index contributed by atoms with van der Waals surface area (Å²) in [4.78, 5) is 17.7. The molecule has 1 heterocycles. The van der Waals surface area contributed by atoms with Crippen LogP contribution in [-0.2, 0) is 4.79 Å². The summed E-state index contributed by atoms with van der Waals surface area (Å²) in [6.45, 7) is 3.80. The summed E-state index contributed by atoms with van der Waals surface area (Å²) in [5.74, 6) is 1.17. The third-order valence-electron chi connectivity index (χ3n) is 5.16. The Kier molecular flexibility index (Phi) is 6.81. The number of hydrogen-bond donors (Lipinski definition) is 1. The minimum Gasteiger partial charge on any atom is -0.497 e. The van der Waals surface area contributed by atoms with Crippen molar-refractivity contribution in [3.63, 3.8) is 0 Å². The van der Waals surface area contributed by atoms with E-state index in [4.69, 9.17) is 26.1 Å². The van der Waals surface area contributed by atoms with E-state index in [1.54, 1.807) is 14.2 Å². The van der Waals surface area contributed by atoms with Gasteiger partial charge in [-0.3, -0.25) is 9.36 Å². The monoisotopic (exact) mass is 481 g/mol. The second-order valence-corrected chi connectivity index (χ2v) is 9.24. The molecule has 0 saturated carbocycles. The molecule has 1 unspecified atom stereocenters. The van der Waals surface area contributed by atoms with Gasteiger partial charge in [-0.1, -0.05) is 41.6 Å². The Hall–Kier alpha value is -3.16. The highest BCUT2D eigenvalue weighted by atomic mass is 35.5. The number of aromatic nitrogens is 2. The molecule has 1 amide bonds. The molecule has 0 saturated heterocycles. The predicted molar refractivity (Wildman–Crippen MR) is 134 cm³/mol. The molecule has 170 valence electrons. The molecule has 0 radical (unpaired) electrons. The number of imidazole rings is 1. The number of amides is 1. The van der Waals surface area contributed by atoms with Gasteiger partial charge in [0.2, 0.25) is 5.91 Å². The van der Waals surface area contributed by atoms with Crippen molar-refractivity contribution in [2.24, 2.45) is 0 Å². The summed E-state index contributed by atoms with van der Waals surface area (Å²) in [7, 11) is 3.23. The number of fused-ring (bicyclic) bond motifs is 1. The van der Waals surface area contributed by atoms with Crippen molar-refractivity contribution in [3.8, 4) is 17.2 Å². The Morgan fingerprint density at radius 2 is 1.76 bits per heavy atom. The molecular weight excluding hydrogens is 458 g/mol. The number of para-hydroxylation sites is 2. The van der Waals surface area contributed by atoms with Crippen molar-refractivity contribution in [1.82, 2.24) is 9.55 Å². The summed E-state index contributed by atoms with van der Waals surface area (Å²) in [5.41, 5.74) is 4.20. The maximum absolute atomic E-state index is 13.0. The first-order valence-corrected chi connectivity index (χ1v) is 11.6. The van der Waals surface area contributed by atoms with Crippen LogP contribution in [-0.4, -0.2) is 34.9 Å². The lowest BCUT2D eigenvalue weighted by molar-refractivity contribution is -0.115. The Balaban J connectivity index is 1.69. The number of carbonyl (C=O) groups is 1. The third kappa shape index (κ3) is 4.94. The van der Waals surface area contributed by atoms with Crippen LogP contribution in [0.2, 0.25) is 5.02 Å². The second-order valence-electron chi connectivity index (χ2n) is 7.52. The summed E-state index contributed by atoms with van der Waals surface area (Å²) < 4.78 is 12.9. The molecule has 33 heavy (non-hydrogen) atoms. The highest BCUT2D eigenvalue weighted by molar-refractivity contribution is 8.00. The van der Waals surface area contributed by atoms with Gasteiger partial charge in [-0.05, 0) is 43.7 Å². The quantitative estimate of drug-likeness (QED) is 0.322. The van der Waals surface area contributed by atoms with Crippen molar-refractivity contribution in [3.05, 3.63) is 71.2 Å². The summed E-state index contributed by atoms with van der Waals surface area (Å²) in [5, 5.41) is 3.69. The van der Waals surface area contributed by atoms with Gasteiger partial charge < -0.3 is 14.8 Å². The van der Waals surface area contributed by atoms with Crippen molar-refractivity contribution in [2.75, 3.05) is 19.5 Å².